The Morgan fingerprint density at radius 2 is 1.87 bits per heavy atom. The van der Waals surface area contributed by atoms with Gasteiger partial charge in [-0.1, -0.05) is 42.5 Å². The summed E-state index contributed by atoms with van der Waals surface area (Å²) in [6.45, 7) is 0.0666. The molecule has 0 saturated carbocycles. The van der Waals surface area contributed by atoms with Crippen LogP contribution in [0.15, 0.2) is 54.6 Å². The van der Waals surface area contributed by atoms with Crippen LogP contribution in [0.1, 0.15) is 17.2 Å². The average Bonchev–Trinajstić information content (AvgIpc) is 2.58. The highest BCUT2D eigenvalue weighted by atomic mass is 16.5. The molecule has 1 amide bonds. The first-order chi connectivity index (χ1) is 11.1. The van der Waals surface area contributed by atoms with Crippen LogP contribution >= 0.6 is 0 Å². The molecule has 1 unspecified atom stereocenters. The van der Waals surface area contributed by atoms with Crippen molar-refractivity contribution in [3.05, 3.63) is 65.7 Å². The van der Waals surface area contributed by atoms with Crippen molar-refractivity contribution in [3.63, 3.8) is 0 Å². The summed E-state index contributed by atoms with van der Waals surface area (Å²) in [7, 11) is 1.48. The Hall–Kier alpha value is -3.02. The highest BCUT2D eigenvalue weighted by molar-refractivity contribution is 5.81. The first kappa shape index (κ1) is 16.4. The molecule has 0 aliphatic rings. The van der Waals surface area contributed by atoms with Gasteiger partial charge in [0.25, 0.3) is 0 Å². The second-order valence-electron chi connectivity index (χ2n) is 4.75. The van der Waals surface area contributed by atoms with Crippen molar-refractivity contribution in [2.45, 2.75) is 12.6 Å². The highest BCUT2D eigenvalue weighted by Crippen LogP contribution is 2.19. The molecule has 0 saturated heterocycles. The van der Waals surface area contributed by atoms with E-state index in [1.165, 1.54) is 7.11 Å². The van der Waals surface area contributed by atoms with E-state index in [-0.39, 0.29) is 6.61 Å². The second-order valence-corrected chi connectivity index (χ2v) is 4.75. The lowest BCUT2D eigenvalue weighted by atomic mass is 10.1. The van der Waals surface area contributed by atoms with Crippen LogP contribution in [0.3, 0.4) is 0 Å². The third-order valence-corrected chi connectivity index (χ3v) is 3.15. The molecule has 120 valence electrons. The van der Waals surface area contributed by atoms with Crippen molar-refractivity contribution in [2.24, 2.45) is 0 Å². The van der Waals surface area contributed by atoms with Crippen LogP contribution in [0, 0.1) is 0 Å². The molecule has 0 spiro atoms. The van der Waals surface area contributed by atoms with Gasteiger partial charge in [-0.3, -0.25) is 0 Å². The monoisotopic (exact) mass is 315 g/mol. The van der Waals surface area contributed by atoms with Gasteiger partial charge >= 0.3 is 12.1 Å². The zero-order valence-corrected chi connectivity index (χ0v) is 12.6. The Bertz CT molecular complexity index is 672. The molecule has 1 atom stereocenters. The van der Waals surface area contributed by atoms with E-state index >= 15 is 0 Å². The fourth-order valence-corrected chi connectivity index (χ4v) is 1.99. The van der Waals surface area contributed by atoms with Gasteiger partial charge in [0.05, 0.1) is 7.11 Å². The summed E-state index contributed by atoms with van der Waals surface area (Å²) >= 11 is 0. The number of benzene rings is 2. The Balaban J connectivity index is 2.01. The molecule has 2 aromatic rings. The number of alkyl carbamates (subject to hydrolysis) is 1. The number of carboxylic acids is 1. The van der Waals surface area contributed by atoms with Crippen molar-refractivity contribution in [3.8, 4) is 5.75 Å². The van der Waals surface area contributed by atoms with Crippen molar-refractivity contribution in [1.29, 1.82) is 0 Å². The maximum absolute atomic E-state index is 11.8. The molecular weight excluding hydrogens is 298 g/mol. The first-order valence-corrected chi connectivity index (χ1v) is 6.94. The number of nitrogens with one attached hydrogen (secondary N) is 1. The molecule has 2 rings (SSSR count). The SMILES string of the molecule is COc1cccc(C(NC(=O)OCc2ccccc2)C(=O)O)c1. The number of carboxylic acid groups (broad SMARTS) is 1. The van der Waals surface area contributed by atoms with E-state index in [0.717, 1.165) is 5.56 Å². The predicted molar refractivity (Wildman–Crippen MR) is 83.1 cm³/mol. The van der Waals surface area contributed by atoms with Crippen molar-refractivity contribution >= 4 is 12.1 Å². The van der Waals surface area contributed by atoms with E-state index in [0.29, 0.717) is 11.3 Å². The normalized spacial score (nSPS) is 11.3. The Morgan fingerprint density at radius 1 is 1.13 bits per heavy atom. The number of aliphatic carboxylic acids is 1. The molecule has 0 aliphatic heterocycles. The van der Waals surface area contributed by atoms with Crippen molar-refractivity contribution in [1.82, 2.24) is 5.32 Å². The van der Waals surface area contributed by atoms with Gasteiger partial charge in [-0.25, -0.2) is 9.59 Å². The van der Waals surface area contributed by atoms with Crippen molar-refractivity contribution < 1.29 is 24.2 Å². The smallest absolute Gasteiger partial charge is 0.408 e. The molecule has 0 aromatic heterocycles. The van der Waals surface area contributed by atoms with E-state index < -0.39 is 18.1 Å². The van der Waals surface area contributed by atoms with Crippen LogP contribution in [0.2, 0.25) is 0 Å². The molecule has 0 fully saturated rings. The van der Waals surface area contributed by atoms with Gasteiger partial charge in [0.2, 0.25) is 0 Å². The molecular formula is C17H17NO5. The number of rotatable bonds is 6. The van der Waals surface area contributed by atoms with Crippen LogP contribution in [-0.4, -0.2) is 24.3 Å². The van der Waals surface area contributed by atoms with Gasteiger partial charge in [-0.2, -0.15) is 0 Å². The number of hydrogen-bond donors (Lipinski definition) is 2. The number of ether oxygens (including phenoxy) is 2. The summed E-state index contributed by atoms with van der Waals surface area (Å²) < 4.78 is 10.1. The van der Waals surface area contributed by atoms with E-state index in [2.05, 4.69) is 5.32 Å². The summed E-state index contributed by atoms with van der Waals surface area (Å²) in [6, 6.07) is 14.4. The van der Waals surface area contributed by atoms with Crippen LogP contribution in [-0.2, 0) is 16.1 Å². The standard InChI is InChI=1S/C17H17NO5/c1-22-14-9-5-8-13(10-14)15(16(19)20)18-17(21)23-11-12-6-3-2-4-7-12/h2-10,15H,11H2,1H3,(H,18,21)(H,19,20). The lowest BCUT2D eigenvalue weighted by molar-refractivity contribution is -0.139. The summed E-state index contributed by atoms with van der Waals surface area (Å²) in [5, 5.41) is 11.7. The van der Waals surface area contributed by atoms with Crippen LogP contribution in [0.25, 0.3) is 0 Å². The third kappa shape index (κ3) is 4.74. The van der Waals surface area contributed by atoms with E-state index in [9.17, 15) is 14.7 Å². The number of methoxy groups -OCH3 is 1. The fourth-order valence-electron chi connectivity index (χ4n) is 1.99. The van der Waals surface area contributed by atoms with Crippen LogP contribution in [0.5, 0.6) is 5.75 Å². The van der Waals surface area contributed by atoms with Crippen molar-refractivity contribution in [2.75, 3.05) is 7.11 Å². The van der Waals surface area contributed by atoms with E-state index in [1.807, 2.05) is 30.3 Å². The van der Waals surface area contributed by atoms with E-state index in [1.54, 1.807) is 24.3 Å². The van der Waals surface area contributed by atoms with Crippen LogP contribution < -0.4 is 10.1 Å². The minimum Gasteiger partial charge on any atom is -0.497 e. The number of amides is 1. The summed E-state index contributed by atoms with van der Waals surface area (Å²) in [6.07, 6.45) is -0.802. The largest absolute Gasteiger partial charge is 0.497 e. The third-order valence-electron chi connectivity index (χ3n) is 3.15. The van der Waals surface area contributed by atoms with Gasteiger partial charge in [0.1, 0.15) is 12.4 Å². The summed E-state index contributed by atoms with van der Waals surface area (Å²) in [5.41, 5.74) is 1.21. The van der Waals surface area contributed by atoms with Gasteiger partial charge in [0.15, 0.2) is 6.04 Å². The van der Waals surface area contributed by atoms with Gasteiger partial charge in [-0.05, 0) is 23.3 Å². The lowest BCUT2D eigenvalue weighted by Gasteiger charge is -2.15. The number of hydrogen-bond acceptors (Lipinski definition) is 4. The summed E-state index contributed by atoms with van der Waals surface area (Å²) in [4.78, 5) is 23.2. The minimum absolute atomic E-state index is 0.0666. The Morgan fingerprint density at radius 3 is 2.52 bits per heavy atom. The zero-order valence-electron chi connectivity index (χ0n) is 12.6. The first-order valence-electron chi connectivity index (χ1n) is 6.94. The molecule has 0 bridgehead atoms. The number of carbonyl (C=O) groups is 2. The second kappa shape index (κ2) is 7.84. The Labute approximate surface area is 133 Å². The van der Waals surface area contributed by atoms with Gasteiger partial charge in [-0.15, -0.1) is 0 Å². The number of carbonyl (C=O) groups excluding carboxylic acids is 1. The van der Waals surface area contributed by atoms with Gasteiger partial charge < -0.3 is 19.9 Å². The molecule has 2 N–H and O–H groups in total. The maximum atomic E-state index is 11.8. The Kier molecular flexibility index (Phi) is 5.57. The molecule has 0 aliphatic carbocycles. The maximum Gasteiger partial charge on any atom is 0.408 e. The predicted octanol–water partition coefficient (Wildman–Crippen LogP) is 2.75. The molecule has 2 aromatic carbocycles. The fraction of sp³-hybridized carbons (Fsp3) is 0.176. The van der Waals surface area contributed by atoms with Crippen LogP contribution in [0.4, 0.5) is 4.79 Å². The minimum atomic E-state index is -1.21. The zero-order chi connectivity index (χ0) is 16.7. The summed E-state index contributed by atoms with van der Waals surface area (Å²) in [5.74, 6) is -0.678. The quantitative estimate of drug-likeness (QED) is 0.856. The topological polar surface area (TPSA) is 84.9 Å². The molecule has 6 heteroatoms. The molecule has 23 heavy (non-hydrogen) atoms. The van der Waals surface area contributed by atoms with E-state index in [4.69, 9.17) is 9.47 Å². The average molecular weight is 315 g/mol. The highest BCUT2D eigenvalue weighted by Gasteiger charge is 2.23. The van der Waals surface area contributed by atoms with Gasteiger partial charge in [0, 0.05) is 0 Å². The lowest BCUT2D eigenvalue weighted by Crippen LogP contribution is -2.34. The molecule has 0 radical (unpaired) electrons. The molecule has 6 nitrogen and oxygen atoms in total. The molecule has 0 heterocycles.